The van der Waals surface area contributed by atoms with Crippen molar-refractivity contribution in [3.8, 4) is 0 Å². The molecule has 0 unspecified atom stereocenters. The first kappa shape index (κ1) is 18.8. The van der Waals surface area contributed by atoms with Gasteiger partial charge >= 0.3 is 0 Å². The van der Waals surface area contributed by atoms with Crippen molar-refractivity contribution in [2.45, 2.75) is 11.4 Å². The predicted octanol–water partition coefficient (Wildman–Crippen LogP) is 1.34. The smallest absolute Gasteiger partial charge is 0.269 e. The maximum atomic E-state index is 12.7. The summed E-state index contributed by atoms with van der Waals surface area (Å²) < 4.78 is 26.8. The van der Waals surface area contributed by atoms with E-state index in [1.807, 2.05) is 6.07 Å². The molecule has 7 nitrogen and oxygen atoms in total. The van der Waals surface area contributed by atoms with Gasteiger partial charge in [0, 0.05) is 22.7 Å². The van der Waals surface area contributed by atoms with Gasteiger partial charge < -0.3 is 4.90 Å². The molecule has 1 aliphatic heterocycles. The van der Waals surface area contributed by atoms with Crippen LogP contribution in [0.1, 0.15) is 5.56 Å². The van der Waals surface area contributed by atoms with Gasteiger partial charge in [-0.1, -0.05) is 23.7 Å². The molecule has 0 aromatic heterocycles. The highest BCUT2D eigenvalue weighted by molar-refractivity contribution is 7.89. The maximum Gasteiger partial charge on any atom is 0.269 e. The Morgan fingerprint density at radius 1 is 1.12 bits per heavy atom. The summed E-state index contributed by atoms with van der Waals surface area (Å²) in [6, 6.07) is 12.7. The average molecular weight is 397 g/mol. The van der Waals surface area contributed by atoms with Crippen LogP contribution in [0.3, 0.4) is 0 Å². The molecule has 1 N–H and O–H groups in total. The topological polar surface area (TPSA) is 85.0 Å². The number of nitrogens with zero attached hydrogens (tertiary/aromatic N) is 2. The van der Waals surface area contributed by atoms with Crippen LogP contribution >= 0.6 is 11.6 Å². The van der Waals surface area contributed by atoms with Gasteiger partial charge in [-0.25, -0.2) is 8.42 Å². The van der Waals surface area contributed by atoms with Crippen molar-refractivity contribution in [2.75, 3.05) is 26.2 Å². The third-order valence-electron chi connectivity index (χ3n) is 4.46. The third-order valence-corrected chi connectivity index (χ3v) is 6.62. The largest absolute Gasteiger partial charge is 0.329 e. The molecule has 0 bridgehead atoms. The first-order chi connectivity index (χ1) is 12.4. The van der Waals surface area contributed by atoms with Gasteiger partial charge in [-0.2, -0.15) is 4.31 Å². The summed E-state index contributed by atoms with van der Waals surface area (Å²) in [5, 5.41) is 11.4. The number of rotatable bonds is 5. The summed E-state index contributed by atoms with van der Waals surface area (Å²) in [6.45, 7) is 2.76. The zero-order valence-electron chi connectivity index (χ0n) is 14.0. The lowest BCUT2D eigenvalue weighted by molar-refractivity contribution is -0.917. The van der Waals surface area contributed by atoms with Gasteiger partial charge in [0.15, 0.2) is 0 Å². The van der Waals surface area contributed by atoms with Crippen LogP contribution in [-0.4, -0.2) is 43.8 Å². The van der Waals surface area contributed by atoms with Crippen molar-refractivity contribution in [2.24, 2.45) is 0 Å². The van der Waals surface area contributed by atoms with E-state index >= 15 is 0 Å². The second-order valence-corrected chi connectivity index (χ2v) is 8.59. The number of hydrogen-bond donors (Lipinski definition) is 1. The molecule has 9 heteroatoms. The number of nitro groups is 1. The SMILES string of the molecule is O=[N+]([O-])c1cccc(C[NH+]2CCN(S(=O)(=O)c3ccc(Cl)cc3)CC2)c1. The van der Waals surface area contributed by atoms with Gasteiger partial charge in [-0.05, 0) is 24.3 Å². The van der Waals surface area contributed by atoms with E-state index in [1.54, 1.807) is 24.3 Å². The van der Waals surface area contributed by atoms with Crippen molar-refractivity contribution in [1.82, 2.24) is 4.31 Å². The molecule has 2 aromatic carbocycles. The van der Waals surface area contributed by atoms with Gasteiger partial charge in [0.05, 0.1) is 36.0 Å². The van der Waals surface area contributed by atoms with Gasteiger partial charge in [0.25, 0.3) is 5.69 Å². The molecule has 2 aromatic rings. The Balaban J connectivity index is 1.63. The van der Waals surface area contributed by atoms with E-state index in [-0.39, 0.29) is 10.6 Å². The Morgan fingerprint density at radius 3 is 2.38 bits per heavy atom. The first-order valence-electron chi connectivity index (χ1n) is 8.19. The highest BCUT2D eigenvalue weighted by Gasteiger charge is 2.30. The second kappa shape index (κ2) is 7.71. The quantitative estimate of drug-likeness (QED) is 0.610. The minimum Gasteiger partial charge on any atom is -0.329 e. The Hall–Kier alpha value is -2.00. The van der Waals surface area contributed by atoms with Crippen LogP contribution in [0.25, 0.3) is 0 Å². The van der Waals surface area contributed by atoms with E-state index in [1.165, 1.54) is 27.4 Å². The fourth-order valence-corrected chi connectivity index (χ4v) is 4.61. The van der Waals surface area contributed by atoms with Crippen molar-refractivity contribution < 1.29 is 18.2 Å². The van der Waals surface area contributed by atoms with Crippen molar-refractivity contribution in [1.29, 1.82) is 0 Å². The molecule has 3 rings (SSSR count). The highest BCUT2D eigenvalue weighted by Crippen LogP contribution is 2.18. The number of benzene rings is 2. The molecule has 26 heavy (non-hydrogen) atoms. The molecule has 138 valence electrons. The third kappa shape index (κ3) is 4.21. The minimum atomic E-state index is -3.52. The van der Waals surface area contributed by atoms with Crippen LogP contribution in [-0.2, 0) is 16.6 Å². The number of quaternary nitrogens is 1. The van der Waals surface area contributed by atoms with Crippen LogP contribution in [0.4, 0.5) is 5.69 Å². The molecule has 0 amide bonds. The summed E-state index contributed by atoms with van der Waals surface area (Å²) in [5.74, 6) is 0. The van der Waals surface area contributed by atoms with Crippen molar-refractivity contribution in [3.05, 3.63) is 69.2 Å². The van der Waals surface area contributed by atoms with E-state index in [4.69, 9.17) is 11.6 Å². The molecule has 0 aliphatic carbocycles. The maximum absolute atomic E-state index is 12.7. The normalized spacial score (nSPS) is 16.5. The molecule has 1 saturated heterocycles. The molecular formula is C17H19ClN3O4S+. The van der Waals surface area contributed by atoms with Crippen LogP contribution in [0, 0.1) is 10.1 Å². The van der Waals surface area contributed by atoms with Crippen LogP contribution in [0.2, 0.25) is 5.02 Å². The van der Waals surface area contributed by atoms with Gasteiger partial charge in [0.2, 0.25) is 10.0 Å². The van der Waals surface area contributed by atoms with Gasteiger partial charge in [-0.15, -0.1) is 0 Å². The molecule has 1 aliphatic rings. The van der Waals surface area contributed by atoms with Crippen LogP contribution in [0.15, 0.2) is 53.4 Å². The molecule has 1 heterocycles. The van der Waals surface area contributed by atoms with E-state index in [9.17, 15) is 18.5 Å². The number of halogens is 1. The summed E-state index contributed by atoms with van der Waals surface area (Å²) in [4.78, 5) is 11.9. The number of nitro benzene ring substituents is 1. The average Bonchev–Trinajstić information content (AvgIpc) is 2.63. The van der Waals surface area contributed by atoms with E-state index in [2.05, 4.69) is 0 Å². The number of nitrogens with one attached hydrogen (secondary N) is 1. The zero-order chi connectivity index (χ0) is 18.7. The Kier molecular flexibility index (Phi) is 5.57. The number of non-ortho nitro benzene ring substituents is 1. The minimum absolute atomic E-state index is 0.0749. The van der Waals surface area contributed by atoms with Gasteiger partial charge in [-0.3, -0.25) is 10.1 Å². The lowest BCUT2D eigenvalue weighted by atomic mass is 10.2. The number of piperazine rings is 1. The Labute approximate surface area is 157 Å². The lowest BCUT2D eigenvalue weighted by Gasteiger charge is -2.31. The highest BCUT2D eigenvalue weighted by atomic mass is 35.5. The fraction of sp³-hybridized carbons (Fsp3) is 0.294. The molecule has 0 radical (unpaired) electrons. The van der Waals surface area contributed by atoms with Crippen molar-refractivity contribution in [3.63, 3.8) is 0 Å². The monoisotopic (exact) mass is 396 g/mol. The van der Waals surface area contributed by atoms with Gasteiger partial charge in [0.1, 0.15) is 6.54 Å². The number of sulfonamides is 1. The second-order valence-electron chi connectivity index (χ2n) is 6.21. The molecule has 1 fully saturated rings. The predicted molar refractivity (Wildman–Crippen MR) is 97.7 cm³/mol. The fourth-order valence-electron chi connectivity index (χ4n) is 3.04. The first-order valence-corrected chi connectivity index (χ1v) is 10.0. The zero-order valence-corrected chi connectivity index (χ0v) is 15.5. The Morgan fingerprint density at radius 2 is 1.77 bits per heavy atom. The van der Waals surface area contributed by atoms with E-state index in [0.717, 1.165) is 5.56 Å². The number of hydrogen-bond acceptors (Lipinski definition) is 4. The van der Waals surface area contributed by atoms with E-state index < -0.39 is 14.9 Å². The lowest BCUT2D eigenvalue weighted by Crippen LogP contribution is -3.13. The molecule has 0 atom stereocenters. The molecule has 0 spiro atoms. The summed E-state index contributed by atoms with van der Waals surface area (Å²) in [7, 11) is -3.52. The van der Waals surface area contributed by atoms with Crippen molar-refractivity contribution >= 4 is 27.3 Å². The summed E-state index contributed by atoms with van der Waals surface area (Å²) >= 11 is 5.82. The van der Waals surface area contributed by atoms with Crippen LogP contribution < -0.4 is 4.90 Å². The standard InChI is InChI=1S/C17H18ClN3O4S/c18-15-4-6-17(7-5-15)26(24,25)20-10-8-19(9-11-20)13-14-2-1-3-16(12-14)21(22)23/h1-7,12H,8-11,13H2/p+1. The van der Waals surface area contributed by atoms with Crippen LogP contribution in [0.5, 0.6) is 0 Å². The summed E-state index contributed by atoms with van der Waals surface area (Å²) in [5.41, 5.74) is 0.953. The van der Waals surface area contributed by atoms with E-state index in [0.29, 0.717) is 37.7 Å². The Bertz CT molecular complexity index is 894. The molecule has 0 saturated carbocycles. The molecular weight excluding hydrogens is 378 g/mol. The summed E-state index contributed by atoms with van der Waals surface area (Å²) in [6.07, 6.45) is 0.